The van der Waals surface area contributed by atoms with Gasteiger partial charge in [-0.05, 0) is 40.8 Å². The summed E-state index contributed by atoms with van der Waals surface area (Å²) in [7, 11) is -3.59. The molecule has 1 N–H and O–H groups in total. The van der Waals surface area contributed by atoms with E-state index >= 15 is 0 Å². The average Bonchev–Trinajstić information content (AvgIpc) is 2.61. The number of sulfonamides is 1. The molecule has 1 atom stereocenters. The minimum Gasteiger partial charge on any atom is -0.207 e. The van der Waals surface area contributed by atoms with Gasteiger partial charge in [0.15, 0.2) is 0 Å². The van der Waals surface area contributed by atoms with Gasteiger partial charge >= 0.3 is 0 Å². The molecule has 0 spiro atoms. The second-order valence-corrected chi connectivity index (χ2v) is 8.44. The first-order valence-electron chi connectivity index (χ1n) is 8.52. The number of benzene rings is 3. The van der Waals surface area contributed by atoms with Gasteiger partial charge in [-0.25, -0.2) is 13.1 Å². The van der Waals surface area contributed by atoms with Gasteiger partial charge < -0.3 is 0 Å². The van der Waals surface area contributed by atoms with Gasteiger partial charge in [0.05, 0.1) is 4.90 Å². The topological polar surface area (TPSA) is 46.2 Å². The Labute approximate surface area is 149 Å². The fourth-order valence-corrected chi connectivity index (χ4v) is 4.27. The van der Waals surface area contributed by atoms with E-state index in [1.807, 2.05) is 60.7 Å². The quantitative estimate of drug-likeness (QED) is 0.685. The van der Waals surface area contributed by atoms with Crippen LogP contribution < -0.4 is 4.72 Å². The van der Waals surface area contributed by atoms with Crippen molar-refractivity contribution < 1.29 is 8.42 Å². The van der Waals surface area contributed by atoms with Gasteiger partial charge in [-0.15, -0.1) is 0 Å². The average molecular weight is 353 g/mol. The Morgan fingerprint density at radius 1 is 0.840 bits per heavy atom. The molecule has 3 rings (SSSR count). The Morgan fingerprint density at radius 3 is 2.16 bits per heavy atom. The van der Waals surface area contributed by atoms with E-state index in [2.05, 4.69) is 18.6 Å². The fourth-order valence-electron chi connectivity index (χ4n) is 3.00. The molecule has 3 aromatic rings. The zero-order chi connectivity index (χ0) is 17.9. The van der Waals surface area contributed by atoms with E-state index in [4.69, 9.17) is 0 Å². The highest BCUT2D eigenvalue weighted by Gasteiger charge is 2.22. The molecule has 0 amide bonds. The van der Waals surface area contributed by atoms with Crippen LogP contribution in [-0.4, -0.2) is 8.42 Å². The summed E-state index contributed by atoms with van der Waals surface area (Å²) in [5, 5.41) is 1.95. The molecule has 3 aromatic carbocycles. The minimum atomic E-state index is -3.59. The molecular weight excluding hydrogens is 330 g/mol. The second kappa shape index (κ2) is 7.38. The smallest absolute Gasteiger partial charge is 0.207 e. The Bertz CT molecular complexity index is 950. The van der Waals surface area contributed by atoms with Crippen molar-refractivity contribution in [1.82, 2.24) is 4.72 Å². The van der Waals surface area contributed by atoms with Crippen molar-refractivity contribution >= 4 is 20.8 Å². The summed E-state index contributed by atoms with van der Waals surface area (Å²) in [4.78, 5) is 0.302. The number of hydrogen-bond acceptors (Lipinski definition) is 2. The van der Waals surface area contributed by atoms with Crippen molar-refractivity contribution in [2.45, 2.75) is 31.2 Å². The van der Waals surface area contributed by atoms with Gasteiger partial charge in [0, 0.05) is 6.04 Å². The molecule has 0 saturated heterocycles. The standard InChI is InChI=1S/C21H23NO2S/c1-16(2)14-21(18-9-4-3-5-10-18)22-25(23,24)20-13-12-17-8-6-7-11-19(17)15-20/h3-13,15-16,21-22H,14H2,1-2H3. The van der Waals surface area contributed by atoms with Crippen LogP contribution in [0.1, 0.15) is 31.9 Å². The lowest BCUT2D eigenvalue weighted by Crippen LogP contribution is -2.29. The lowest BCUT2D eigenvalue weighted by atomic mass is 9.98. The first kappa shape index (κ1) is 17.6. The van der Waals surface area contributed by atoms with E-state index in [1.165, 1.54) is 0 Å². The largest absolute Gasteiger partial charge is 0.241 e. The summed E-state index contributed by atoms with van der Waals surface area (Å²) in [6.07, 6.45) is 0.747. The third kappa shape index (κ3) is 4.27. The molecule has 3 nitrogen and oxygen atoms in total. The van der Waals surface area contributed by atoms with Crippen LogP contribution in [0.25, 0.3) is 10.8 Å². The summed E-state index contributed by atoms with van der Waals surface area (Å²) < 4.78 is 28.8. The van der Waals surface area contributed by atoms with Crippen LogP contribution in [0.5, 0.6) is 0 Å². The van der Waals surface area contributed by atoms with Crippen LogP contribution in [0.15, 0.2) is 77.7 Å². The molecule has 0 aromatic heterocycles. The molecule has 0 heterocycles. The third-order valence-corrected chi connectivity index (χ3v) is 5.71. The molecule has 0 fully saturated rings. The van der Waals surface area contributed by atoms with E-state index in [9.17, 15) is 8.42 Å². The zero-order valence-electron chi connectivity index (χ0n) is 14.5. The molecule has 0 bridgehead atoms. The maximum absolute atomic E-state index is 12.9. The third-order valence-electron chi connectivity index (χ3n) is 4.24. The Hall–Kier alpha value is -2.17. The van der Waals surface area contributed by atoms with E-state index in [-0.39, 0.29) is 6.04 Å². The van der Waals surface area contributed by atoms with Crippen LogP contribution >= 0.6 is 0 Å². The zero-order valence-corrected chi connectivity index (χ0v) is 15.3. The molecule has 0 aliphatic heterocycles. The van der Waals surface area contributed by atoms with Crippen LogP contribution in [0, 0.1) is 5.92 Å². The predicted molar refractivity (Wildman–Crippen MR) is 103 cm³/mol. The van der Waals surface area contributed by atoms with Gasteiger partial charge in [-0.3, -0.25) is 0 Å². The normalized spacial score (nSPS) is 13.2. The molecule has 130 valence electrons. The summed E-state index contributed by atoms with van der Waals surface area (Å²) >= 11 is 0. The van der Waals surface area contributed by atoms with Gasteiger partial charge in [-0.2, -0.15) is 0 Å². The van der Waals surface area contributed by atoms with Crippen molar-refractivity contribution in [3.8, 4) is 0 Å². The van der Waals surface area contributed by atoms with E-state index < -0.39 is 10.0 Å². The molecule has 4 heteroatoms. The second-order valence-electron chi connectivity index (χ2n) is 6.72. The monoisotopic (exact) mass is 353 g/mol. The van der Waals surface area contributed by atoms with Crippen molar-refractivity contribution in [2.24, 2.45) is 5.92 Å². The number of fused-ring (bicyclic) bond motifs is 1. The van der Waals surface area contributed by atoms with Crippen LogP contribution in [0.2, 0.25) is 0 Å². The Kier molecular flexibility index (Phi) is 5.21. The first-order valence-corrected chi connectivity index (χ1v) is 10.00. The Morgan fingerprint density at radius 2 is 1.48 bits per heavy atom. The molecule has 0 saturated carbocycles. The van der Waals surface area contributed by atoms with E-state index in [0.29, 0.717) is 10.8 Å². The maximum Gasteiger partial charge on any atom is 0.241 e. The summed E-state index contributed by atoms with van der Waals surface area (Å²) in [5.74, 6) is 0.379. The maximum atomic E-state index is 12.9. The van der Waals surface area contributed by atoms with Crippen molar-refractivity contribution in [3.05, 3.63) is 78.4 Å². The van der Waals surface area contributed by atoms with Gasteiger partial charge in [0.2, 0.25) is 10.0 Å². The molecular formula is C21H23NO2S. The SMILES string of the molecule is CC(C)CC(NS(=O)(=O)c1ccc2ccccc2c1)c1ccccc1. The summed E-state index contributed by atoms with van der Waals surface area (Å²) in [6, 6.07) is 22.5. The van der Waals surface area contributed by atoms with Gasteiger partial charge in [-0.1, -0.05) is 74.5 Å². The van der Waals surface area contributed by atoms with Gasteiger partial charge in [0.1, 0.15) is 0 Å². The van der Waals surface area contributed by atoms with Crippen molar-refractivity contribution in [2.75, 3.05) is 0 Å². The minimum absolute atomic E-state index is 0.238. The molecule has 0 radical (unpaired) electrons. The van der Waals surface area contributed by atoms with Crippen LogP contribution in [0.3, 0.4) is 0 Å². The highest BCUT2D eigenvalue weighted by atomic mass is 32.2. The predicted octanol–water partition coefficient (Wildman–Crippen LogP) is 4.91. The first-order chi connectivity index (χ1) is 12.0. The number of hydrogen-bond donors (Lipinski definition) is 1. The molecule has 25 heavy (non-hydrogen) atoms. The highest BCUT2D eigenvalue weighted by molar-refractivity contribution is 7.89. The van der Waals surface area contributed by atoms with Crippen molar-refractivity contribution in [3.63, 3.8) is 0 Å². The van der Waals surface area contributed by atoms with Crippen molar-refractivity contribution in [1.29, 1.82) is 0 Å². The Balaban J connectivity index is 1.93. The van der Waals surface area contributed by atoms with E-state index in [0.717, 1.165) is 22.8 Å². The fraction of sp³-hybridized carbons (Fsp3) is 0.238. The molecule has 1 unspecified atom stereocenters. The lowest BCUT2D eigenvalue weighted by Gasteiger charge is -2.21. The van der Waals surface area contributed by atoms with Crippen LogP contribution in [-0.2, 0) is 10.0 Å². The van der Waals surface area contributed by atoms with Crippen LogP contribution in [0.4, 0.5) is 0 Å². The summed E-state index contributed by atoms with van der Waals surface area (Å²) in [5.41, 5.74) is 0.987. The lowest BCUT2D eigenvalue weighted by molar-refractivity contribution is 0.472. The molecule has 0 aliphatic rings. The number of nitrogens with one attached hydrogen (secondary N) is 1. The summed E-state index contributed by atoms with van der Waals surface area (Å²) in [6.45, 7) is 4.19. The number of rotatable bonds is 6. The molecule has 0 aliphatic carbocycles. The van der Waals surface area contributed by atoms with E-state index in [1.54, 1.807) is 12.1 Å². The highest BCUT2D eigenvalue weighted by Crippen LogP contribution is 2.25. The van der Waals surface area contributed by atoms with Gasteiger partial charge in [0.25, 0.3) is 0 Å².